The van der Waals surface area contributed by atoms with Gasteiger partial charge in [0, 0.05) is 67.4 Å². The number of aryl methyl sites for hydroxylation is 4. The molecule has 67 heavy (non-hydrogen) atoms. The van der Waals surface area contributed by atoms with E-state index in [1.807, 2.05) is 25.1 Å². The number of rotatable bonds is 21. The van der Waals surface area contributed by atoms with E-state index in [1.165, 1.54) is 94.7 Å². The zero-order valence-corrected chi connectivity index (χ0v) is 40.9. The van der Waals surface area contributed by atoms with E-state index < -0.39 is 12.2 Å². The van der Waals surface area contributed by atoms with Gasteiger partial charge in [0.1, 0.15) is 24.2 Å². The number of hydrogen-bond acceptors (Lipinski definition) is 9. The summed E-state index contributed by atoms with van der Waals surface area (Å²) >= 11 is 0. The van der Waals surface area contributed by atoms with Crippen molar-refractivity contribution in [1.82, 2.24) is 15.6 Å². The first-order valence-corrected chi connectivity index (χ1v) is 26.8. The number of aliphatic hydroxyl groups excluding tert-OH is 3. The standard InChI is InChI=1S/C55H86N6O6/c1-34(29-59-55(57)60-43-8-4-3-5-9-43)11-19-45-39-16-12-36(23-40(45)26-42(56)25-39)15-22-53-41(32-62)27-44(67-53)18-13-37-14-21-51(64)54(24-37)66-33-52(65)50-28-47-48(31-58-30-35(2)63)46-10-6-7-38(46)17-20-49(47)61-50/h14,21,24,27-28,34-36,38-40,42-43,45-46,48,52,58,61-65H,3-13,15-20,22-23,25-26,29-33,56H2,1-2H3,(H3,57,59,60)/t34-,35-,36+,38+,39+,40-,42+,45-,46-,48-,52-/m0/s1. The van der Waals surface area contributed by atoms with Crippen LogP contribution in [0.25, 0.3) is 0 Å². The number of phenols is 1. The van der Waals surface area contributed by atoms with Crippen LogP contribution in [0.3, 0.4) is 0 Å². The van der Waals surface area contributed by atoms with Crippen molar-refractivity contribution in [2.45, 2.75) is 186 Å². The summed E-state index contributed by atoms with van der Waals surface area (Å²) in [6, 6.07) is 10.4. The average molecular weight is 927 g/mol. The van der Waals surface area contributed by atoms with Crippen LogP contribution in [0.1, 0.15) is 175 Å². The first kappa shape index (κ1) is 49.9. The van der Waals surface area contributed by atoms with Crippen molar-refractivity contribution in [3.63, 3.8) is 0 Å². The number of aromatic nitrogens is 1. The number of nitrogens with two attached hydrogens (primary N) is 2. The molecule has 0 saturated heterocycles. The number of H-pyrrole nitrogens is 1. The minimum Gasteiger partial charge on any atom is -0.504 e. The Bertz CT molecular complexity index is 2020. The molecule has 12 heteroatoms. The number of ether oxygens (including phenoxy) is 1. The third-order valence-corrected chi connectivity index (χ3v) is 17.0. The normalized spacial score (nSPS) is 28.2. The van der Waals surface area contributed by atoms with E-state index in [1.54, 1.807) is 6.07 Å². The number of hydrogen-bond donors (Lipinski definition) is 9. The highest BCUT2D eigenvalue weighted by atomic mass is 16.5. The highest BCUT2D eigenvalue weighted by Crippen LogP contribution is 2.49. The predicted molar refractivity (Wildman–Crippen MR) is 266 cm³/mol. The number of phenolic OH excluding ortho intramolecular Hbond substituents is 1. The lowest BCUT2D eigenvalue weighted by Crippen LogP contribution is -2.41. The molecule has 0 aliphatic heterocycles. The molecule has 372 valence electrons. The quantitative estimate of drug-likeness (QED) is 0.0368. The van der Waals surface area contributed by atoms with Gasteiger partial charge in [-0.15, -0.1) is 0 Å². The summed E-state index contributed by atoms with van der Waals surface area (Å²) in [6.07, 6.45) is 22.5. The largest absolute Gasteiger partial charge is 0.504 e. The maximum atomic E-state index is 11.4. The minimum atomic E-state index is -0.881. The van der Waals surface area contributed by atoms with Gasteiger partial charge >= 0.3 is 0 Å². The molecule has 11 N–H and O–H groups in total. The van der Waals surface area contributed by atoms with Crippen LogP contribution in [0.2, 0.25) is 0 Å². The van der Waals surface area contributed by atoms with Crippen LogP contribution in [0, 0.1) is 41.4 Å². The van der Waals surface area contributed by atoms with Gasteiger partial charge in [0.05, 0.1) is 12.7 Å². The molecule has 4 saturated carbocycles. The second-order valence-electron chi connectivity index (χ2n) is 22.1. The molecule has 5 aliphatic rings. The van der Waals surface area contributed by atoms with Crippen LogP contribution >= 0.6 is 0 Å². The average Bonchev–Trinajstić information content (AvgIpc) is 4.04. The number of aromatic amines is 1. The Morgan fingerprint density at radius 2 is 1.75 bits per heavy atom. The first-order valence-electron chi connectivity index (χ1n) is 26.8. The van der Waals surface area contributed by atoms with Crippen molar-refractivity contribution in [2.24, 2.45) is 57.9 Å². The second kappa shape index (κ2) is 23.8. The van der Waals surface area contributed by atoms with Gasteiger partial charge in [-0.2, -0.15) is 0 Å². The number of nitrogens with zero attached hydrogens (tertiary/aromatic N) is 1. The Morgan fingerprint density at radius 3 is 2.57 bits per heavy atom. The van der Waals surface area contributed by atoms with Gasteiger partial charge in [-0.05, 0) is 167 Å². The summed E-state index contributed by atoms with van der Waals surface area (Å²) in [6.45, 7) is 6.27. The number of furan rings is 1. The van der Waals surface area contributed by atoms with Crippen LogP contribution in [0.4, 0.5) is 0 Å². The Hall–Kier alpha value is -3.55. The van der Waals surface area contributed by atoms with Crippen LogP contribution < -0.4 is 26.8 Å². The molecular formula is C55H86N6O6. The molecule has 0 spiro atoms. The summed E-state index contributed by atoms with van der Waals surface area (Å²) in [5.74, 6) is 7.64. The molecule has 2 bridgehead atoms. The maximum absolute atomic E-state index is 11.4. The van der Waals surface area contributed by atoms with Gasteiger partial charge in [0.2, 0.25) is 0 Å². The highest BCUT2D eigenvalue weighted by Gasteiger charge is 2.41. The Labute approximate surface area is 400 Å². The van der Waals surface area contributed by atoms with Crippen molar-refractivity contribution >= 4 is 5.96 Å². The lowest BCUT2D eigenvalue weighted by molar-refractivity contribution is 0.103. The van der Waals surface area contributed by atoms with Gasteiger partial charge in [0.25, 0.3) is 0 Å². The van der Waals surface area contributed by atoms with Crippen molar-refractivity contribution in [3.05, 3.63) is 69.9 Å². The van der Waals surface area contributed by atoms with E-state index in [4.69, 9.17) is 25.6 Å². The van der Waals surface area contributed by atoms with Gasteiger partial charge in [-0.1, -0.05) is 51.5 Å². The zero-order valence-electron chi connectivity index (χ0n) is 40.9. The summed E-state index contributed by atoms with van der Waals surface area (Å²) in [5, 5.41) is 49.4. The van der Waals surface area contributed by atoms with E-state index in [-0.39, 0.29) is 19.0 Å². The van der Waals surface area contributed by atoms with Crippen LogP contribution in [-0.2, 0) is 32.3 Å². The summed E-state index contributed by atoms with van der Waals surface area (Å²) < 4.78 is 12.6. The summed E-state index contributed by atoms with van der Waals surface area (Å²) in [7, 11) is 0. The van der Waals surface area contributed by atoms with Crippen LogP contribution in [0.15, 0.2) is 39.7 Å². The smallest absolute Gasteiger partial charge is 0.188 e. The molecule has 2 aromatic heterocycles. The molecule has 0 amide bonds. The summed E-state index contributed by atoms with van der Waals surface area (Å²) in [5.41, 5.74) is 18.1. The number of aliphatic imine (C=N–C) groups is 1. The minimum absolute atomic E-state index is 0.00766. The Morgan fingerprint density at radius 1 is 0.910 bits per heavy atom. The van der Waals surface area contributed by atoms with E-state index in [9.17, 15) is 20.4 Å². The van der Waals surface area contributed by atoms with E-state index >= 15 is 0 Å². The molecule has 8 rings (SSSR count). The number of nitrogens with one attached hydrogen (secondary N) is 3. The predicted octanol–water partition coefficient (Wildman–Crippen LogP) is 8.48. The number of guanidine groups is 1. The number of fused-ring (bicyclic) bond motifs is 4. The fraction of sp³-hybridized carbons (Fsp3) is 0.727. The van der Waals surface area contributed by atoms with Gasteiger partial charge in [-0.25, -0.2) is 0 Å². The first-order chi connectivity index (χ1) is 32.5. The topological polar surface area (TPSA) is 208 Å². The molecule has 1 aromatic carbocycles. The molecule has 3 aromatic rings. The second-order valence-corrected chi connectivity index (χ2v) is 22.1. The third-order valence-electron chi connectivity index (χ3n) is 17.0. The fourth-order valence-corrected chi connectivity index (χ4v) is 13.4. The van der Waals surface area contributed by atoms with Crippen LogP contribution in [-0.4, -0.2) is 75.8 Å². The SMILES string of the molecule is C[C@@H](CC[C@H]1[C@@H]2CC[C@H](CCc3oc(CCc4ccc(O)c(OC[C@H](O)c5cc6c([nH]5)CC[C@H]5CCC[C@@H]5[C@@H]6CNC[C@H](C)O)c4)cc3CO)C[C@H]1C[C@H](N)C2)CN=C(N)NC1CCCCC1. The molecule has 5 aliphatic carbocycles. The van der Waals surface area contributed by atoms with Gasteiger partial charge in [0.15, 0.2) is 17.5 Å². The highest BCUT2D eigenvalue weighted by molar-refractivity contribution is 5.78. The van der Waals surface area contributed by atoms with Crippen molar-refractivity contribution < 1.29 is 29.6 Å². The third kappa shape index (κ3) is 13.4. The van der Waals surface area contributed by atoms with E-state index in [0.29, 0.717) is 78.7 Å². The summed E-state index contributed by atoms with van der Waals surface area (Å²) in [4.78, 5) is 8.31. The van der Waals surface area contributed by atoms with E-state index in [2.05, 4.69) is 28.6 Å². The maximum Gasteiger partial charge on any atom is 0.188 e. The number of benzene rings is 1. The monoisotopic (exact) mass is 927 g/mol. The van der Waals surface area contributed by atoms with E-state index in [0.717, 1.165) is 91.8 Å². The van der Waals surface area contributed by atoms with Crippen molar-refractivity contribution in [3.8, 4) is 11.5 Å². The molecule has 11 atom stereocenters. The number of aromatic hydroxyl groups is 1. The zero-order chi connectivity index (χ0) is 46.9. The van der Waals surface area contributed by atoms with Crippen LogP contribution in [0.5, 0.6) is 11.5 Å². The lowest BCUT2D eigenvalue weighted by Gasteiger charge is -2.40. The molecule has 2 heterocycles. The molecule has 4 fully saturated rings. The lowest BCUT2D eigenvalue weighted by atomic mass is 9.67. The molecule has 0 unspecified atom stereocenters. The van der Waals surface area contributed by atoms with Gasteiger partial charge < -0.3 is 56.7 Å². The van der Waals surface area contributed by atoms with Crippen molar-refractivity contribution in [1.29, 1.82) is 0 Å². The van der Waals surface area contributed by atoms with Gasteiger partial charge in [-0.3, -0.25) is 4.99 Å². The Kier molecular flexibility index (Phi) is 17.7. The van der Waals surface area contributed by atoms with Crippen molar-refractivity contribution in [2.75, 3.05) is 26.2 Å². The molecular weight excluding hydrogens is 841 g/mol. The Balaban J connectivity index is 0.813. The molecule has 12 nitrogen and oxygen atoms in total. The molecule has 0 radical (unpaired) electrons. The number of aliphatic hydroxyl groups is 3. The fourth-order valence-electron chi connectivity index (χ4n) is 13.4.